The van der Waals surface area contributed by atoms with Crippen LogP contribution in [0.15, 0.2) is 42.6 Å². The molecular formula is C14H13N7. The molecule has 0 aliphatic carbocycles. The summed E-state index contributed by atoms with van der Waals surface area (Å²) in [5.41, 5.74) is 8.52. The number of rotatable bonds is 2. The van der Waals surface area contributed by atoms with Gasteiger partial charge in [0, 0.05) is 18.1 Å². The van der Waals surface area contributed by atoms with Crippen LogP contribution in [0.4, 0.5) is 17.5 Å². The third-order valence-electron chi connectivity index (χ3n) is 3.39. The lowest BCUT2D eigenvalue weighted by Crippen LogP contribution is -1.98. The Morgan fingerprint density at radius 2 is 2.10 bits per heavy atom. The summed E-state index contributed by atoms with van der Waals surface area (Å²) in [5, 5.41) is 12.9. The van der Waals surface area contributed by atoms with E-state index in [0.717, 1.165) is 16.6 Å². The maximum atomic E-state index is 5.86. The molecule has 0 saturated heterocycles. The Kier molecular flexibility index (Phi) is 2.34. The highest BCUT2D eigenvalue weighted by molar-refractivity contribution is 5.83. The number of nitrogens with two attached hydrogens (primary N) is 1. The molecule has 104 valence electrons. The summed E-state index contributed by atoms with van der Waals surface area (Å²) in [7, 11) is 1.91. The zero-order chi connectivity index (χ0) is 14.4. The van der Waals surface area contributed by atoms with Crippen LogP contribution < -0.4 is 11.1 Å². The fourth-order valence-corrected chi connectivity index (χ4v) is 2.33. The first-order valence-electron chi connectivity index (χ1n) is 6.51. The molecule has 0 bridgehead atoms. The average molecular weight is 279 g/mol. The highest BCUT2D eigenvalue weighted by atomic mass is 15.4. The average Bonchev–Trinajstić information content (AvgIpc) is 3.04. The van der Waals surface area contributed by atoms with Gasteiger partial charge in [-0.3, -0.25) is 4.68 Å². The van der Waals surface area contributed by atoms with Crippen molar-refractivity contribution in [3.05, 3.63) is 42.6 Å². The van der Waals surface area contributed by atoms with Gasteiger partial charge in [-0.1, -0.05) is 6.07 Å². The Bertz CT molecular complexity index is 950. The molecule has 7 nitrogen and oxygen atoms in total. The normalized spacial score (nSPS) is 11.3. The second-order valence-corrected chi connectivity index (χ2v) is 4.82. The molecule has 21 heavy (non-hydrogen) atoms. The molecule has 3 N–H and O–H groups in total. The lowest BCUT2D eigenvalue weighted by Gasteiger charge is -2.02. The maximum absolute atomic E-state index is 5.86. The minimum absolute atomic E-state index is 0.509. The van der Waals surface area contributed by atoms with Crippen molar-refractivity contribution in [3.8, 4) is 0 Å². The molecule has 0 atom stereocenters. The molecule has 1 aromatic carbocycles. The van der Waals surface area contributed by atoms with E-state index in [1.807, 2.05) is 48.3 Å². The molecule has 0 spiro atoms. The molecule has 0 radical (unpaired) electrons. The molecule has 0 aliphatic heterocycles. The highest BCUT2D eigenvalue weighted by Gasteiger charge is 2.07. The van der Waals surface area contributed by atoms with Gasteiger partial charge in [-0.25, -0.2) is 0 Å². The highest BCUT2D eigenvalue weighted by Crippen LogP contribution is 2.21. The first-order valence-corrected chi connectivity index (χ1v) is 6.51. The summed E-state index contributed by atoms with van der Waals surface area (Å²) < 4.78 is 3.43. The minimum atomic E-state index is 0.509. The van der Waals surface area contributed by atoms with Crippen LogP contribution in [0.25, 0.3) is 16.6 Å². The molecule has 0 fully saturated rings. The topological polar surface area (TPSA) is 86.1 Å². The van der Waals surface area contributed by atoms with Gasteiger partial charge in [0.25, 0.3) is 0 Å². The standard InChI is InChI=1S/C14H13N7/c1-20-11-7-10(6-5-9(11)8-16-20)17-14-18-13-4-2-3-12(15)21(13)19-14/h2-8H,15H2,1H3,(H,17,19). The molecule has 7 heteroatoms. The monoisotopic (exact) mass is 279 g/mol. The SMILES string of the molecule is Cn1ncc2ccc(Nc3nc4cccc(N)n4n3)cc21. The summed E-state index contributed by atoms with van der Waals surface area (Å²) in [6.45, 7) is 0. The number of fused-ring (bicyclic) bond motifs is 2. The molecular weight excluding hydrogens is 266 g/mol. The lowest BCUT2D eigenvalue weighted by atomic mass is 10.2. The van der Waals surface area contributed by atoms with E-state index in [1.165, 1.54) is 0 Å². The number of aryl methyl sites for hydroxylation is 1. The smallest absolute Gasteiger partial charge is 0.247 e. The number of nitrogen functional groups attached to an aromatic ring is 1. The van der Waals surface area contributed by atoms with Gasteiger partial charge in [0.2, 0.25) is 5.95 Å². The van der Waals surface area contributed by atoms with Crippen molar-refractivity contribution in [2.75, 3.05) is 11.1 Å². The van der Waals surface area contributed by atoms with Crippen molar-refractivity contribution in [2.45, 2.75) is 0 Å². The van der Waals surface area contributed by atoms with Crippen LogP contribution in [-0.4, -0.2) is 24.4 Å². The Morgan fingerprint density at radius 3 is 2.95 bits per heavy atom. The van der Waals surface area contributed by atoms with Gasteiger partial charge in [-0.2, -0.15) is 14.6 Å². The number of aromatic nitrogens is 5. The molecule has 3 heterocycles. The molecule has 0 saturated carbocycles. The zero-order valence-corrected chi connectivity index (χ0v) is 11.4. The molecule has 0 aliphatic rings. The second-order valence-electron chi connectivity index (χ2n) is 4.82. The zero-order valence-electron chi connectivity index (χ0n) is 11.4. The molecule has 0 unspecified atom stereocenters. The first kappa shape index (κ1) is 11.7. The number of pyridine rings is 1. The van der Waals surface area contributed by atoms with Gasteiger partial charge < -0.3 is 11.1 Å². The van der Waals surface area contributed by atoms with Crippen molar-refractivity contribution >= 4 is 34.0 Å². The van der Waals surface area contributed by atoms with Crippen LogP contribution in [0.2, 0.25) is 0 Å². The number of anilines is 3. The van der Waals surface area contributed by atoms with E-state index in [2.05, 4.69) is 20.5 Å². The van der Waals surface area contributed by atoms with Crippen molar-refractivity contribution in [2.24, 2.45) is 7.05 Å². The third kappa shape index (κ3) is 1.86. The van der Waals surface area contributed by atoms with E-state index in [-0.39, 0.29) is 0 Å². The van der Waals surface area contributed by atoms with Crippen LogP contribution in [0, 0.1) is 0 Å². The number of nitrogens with one attached hydrogen (secondary N) is 1. The van der Waals surface area contributed by atoms with Crippen molar-refractivity contribution in [3.63, 3.8) is 0 Å². The summed E-state index contributed by atoms with van der Waals surface area (Å²) in [6.07, 6.45) is 1.84. The van der Waals surface area contributed by atoms with Gasteiger partial charge in [0.1, 0.15) is 5.82 Å². The predicted octanol–water partition coefficient (Wildman–Crippen LogP) is 1.94. The number of benzene rings is 1. The van der Waals surface area contributed by atoms with E-state index in [4.69, 9.17) is 5.73 Å². The third-order valence-corrected chi connectivity index (χ3v) is 3.39. The summed E-state index contributed by atoms with van der Waals surface area (Å²) in [4.78, 5) is 4.40. The van der Waals surface area contributed by atoms with Crippen molar-refractivity contribution in [1.29, 1.82) is 0 Å². The van der Waals surface area contributed by atoms with Gasteiger partial charge in [-0.15, -0.1) is 5.10 Å². The first-order chi connectivity index (χ1) is 10.2. The fourth-order valence-electron chi connectivity index (χ4n) is 2.33. The Balaban J connectivity index is 1.75. The molecule has 3 aromatic heterocycles. The van der Waals surface area contributed by atoms with Crippen molar-refractivity contribution < 1.29 is 0 Å². The van der Waals surface area contributed by atoms with E-state index >= 15 is 0 Å². The summed E-state index contributed by atoms with van der Waals surface area (Å²) >= 11 is 0. The maximum Gasteiger partial charge on any atom is 0.247 e. The molecule has 4 aromatic rings. The van der Waals surface area contributed by atoms with Gasteiger partial charge >= 0.3 is 0 Å². The van der Waals surface area contributed by atoms with Crippen LogP contribution in [-0.2, 0) is 7.05 Å². The largest absolute Gasteiger partial charge is 0.384 e. The Hall–Kier alpha value is -3.09. The van der Waals surface area contributed by atoms with E-state index in [9.17, 15) is 0 Å². The van der Waals surface area contributed by atoms with E-state index < -0.39 is 0 Å². The van der Waals surface area contributed by atoms with Gasteiger partial charge in [0.15, 0.2) is 5.65 Å². The Labute approximate surface area is 120 Å². The van der Waals surface area contributed by atoms with Gasteiger partial charge in [-0.05, 0) is 30.3 Å². The van der Waals surface area contributed by atoms with E-state index in [0.29, 0.717) is 17.4 Å². The number of hydrogen-bond acceptors (Lipinski definition) is 5. The van der Waals surface area contributed by atoms with E-state index in [1.54, 1.807) is 10.6 Å². The lowest BCUT2D eigenvalue weighted by molar-refractivity contribution is 0.797. The summed E-state index contributed by atoms with van der Waals surface area (Å²) in [6, 6.07) is 11.5. The van der Waals surface area contributed by atoms with Crippen LogP contribution >= 0.6 is 0 Å². The quantitative estimate of drug-likeness (QED) is 0.585. The predicted molar refractivity (Wildman–Crippen MR) is 81.4 cm³/mol. The second kappa shape index (κ2) is 4.20. The van der Waals surface area contributed by atoms with Gasteiger partial charge in [0.05, 0.1) is 11.7 Å². The fraction of sp³-hybridized carbons (Fsp3) is 0.0714. The van der Waals surface area contributed by atoms with Crippen LogP contribution in [0.5, 0.6) is 0 Å². The summed E-state index contributed by atoms with van der Waals surface area (Å²) in [5.74, 6) is 1.06. The van der Waals surface area contributed by atoms with Crippen molar-refractivity contribution in [1.82, 2.24) is 24.4 Å². The minimum Gasteiger partial charge on any atom is -0.384 e. The molecule has 4 rings (SSSR count). The molecule has 0 amide bonds. The van der Waals surface area contributed by atoms with Crippen LogP contribution in [0.3, 0.4) is 0 Å². The Morgan fingerprint density at radius 1 is 1.19 bits per heavy atom. The number of hydrogen-bond donors (Lipinski definition) is 2. The van der Waals surface area contributed by atoms with Crippen LogP contribution in [0.1, 0.15) is 0 Å². The number of nitrogens with zero attached hydrogens (tertiary/aromatic N) is 5.